The molecule has 3 aromatic rings. The average molecular weight is 397 g/mol. The van der Waals surface area contributed by atoms with Gasteiger partial charge in [0.1, 0.15) is 25.0 Å². The molecule has 3 rings (SSSR count). The maximum absolute atomic E-state index is 12.3. The molecule has 7 heteroatoms. The second kappa shape index (κ2) is 9.11. The maximum atomic E-state index is 12.3. The summed E-state index contributed by atoms with van der Waals surface area (Å²) in [7, 11) is 0. The van der Waals surface area contributed by atoms with Crippen LogP contribution in [0.3, 0.4) is 0 Å². The van der Waals surface area contributed by atoms with Crippen LogP contribution >= 0.6 is 0 Å². The van der Waals surface area contributed by atoms with E-state index in [2.05, 4.69) is 5.16 Å². The number of nitrogens with zero attached hydrogens (tertiary/aromatic N) is 1. The fraction of sp³-hybridized carbons (Fsp3) is 0.273. The molecular weight excluding hydrogens is 374 g/mol. The third-order valence-electron chi connectivity index (χ3n) is 4.83. The first-order chi connectivity index (χ1) is 14.0. The highest BCUT2D eigenvalue weighted by atomic mass is 16.5. The van der Waals surface area contributed by atoms with Crippen LogP contribution in [0.5, 0.6) is 0 Å². The molecule has 0 bridgehead atoms. The van der Waals surface area contributed by atoms with Crippen molar-refractivity contribution in [3.8, 4) is 11.1 Å². The van der Waals surface area contributed by atoms with Crippen molar-refractivity contribution in [3.63, 3.8) is 0 Å². The van der Waals surface area contributed by atoms with Crippen LogP contribution in [0, 0.1) is 0 Å². The van der Waals surface area contributed by atoms with Crippen molar-refractivity contribution >= 4 is 5.78 Å². The Labute approximate surface area is 168 Å². The maximum Gasteiger partial charge on any atom is 0.192 e. The molecule has 2 aromatic carbocycles. The highest BCUT2D eigenvalue weighted by Gasteiger charge is 2.43. The SMILES string of the molecule is C[C@@](OCc1ccc(-c2ccccc2)cc1)(C(=O)CO)[C@@H](O)c1cc(CO)on1. The zero-order valence-electron chi connectivity index (χ0n) is 16.0. The van der Waals surface area contributed by atoms with Crippen LogP contribution in [0.4, 0.5) is 0 Å². The summed E-state index contributed by atoms with van der Waals surface area (Å²) < 4.78 is 10.6. The fourth-order valence-corrected chi connectivity index (χ4v) is 2.94. The zero-order valence-corrected chi connectivity index (χ0v) is 16.0. The first kappa shape index (κ1) is 20.9. The van der Waals surface area contributed by atoms with Gasteiger partial charge in [0.15, 0.2) is 17.1 Å². The van der Waals surface area contributed by atoms with Gasteiger partial charge in [0.25, 0.3) is 0 Å². The number of aliphatic hydroxyl groups is 3. The molecule has 152 valence electrons. The summed E-state index contributed by atoms with van der Waals surface area (Å²) in [5, 5.41) is 32.8. The van der Waals surface area contributed by atoms with E-state index in [4.69, 9.17) is 14.4 Å². The molecule has 1 heterocycles. The van der Waals surface area contributed by atoms with Crippen molar-refractivity contribution in [1.29, 1.82) is 0 Å². The minimum Gasteiger partial charge on any atom is -0.388 e. The third kappa shape index (κ3) is 4.60. The number of aromatic nitrogens is 1. The molecule has 0 aliphatic rings. The molecule has 0 saturated heterocycles. The monoisotopic (exact) mass is 397 g/mol. The first-order valence-corrected chi connectivity index (χ1v) is 9.15. The molecule has 0 amide bonds. The van der Waals surface area contributed by atoms with E-state index in [0.29, 0.717) is 0 Å². The number of hydrogen-bond acceptors (Lipinski definition) is 7. The van der Waals surface area contributed by atoms with Crippen molar-refractivity contribution in [2.24, 2.45) is 0 Å². The number of benzene rings is 2. The second-order valence-electron chi connectivity index (χ2n) is 6.82. The lowest BCUT2D eigenvalue weighted by molar-refractivity contribution is -0.166. The smallest absolute Gasteiger partial charge is 0.192 e. The molecule has 0 aliphatic heterocycles. The molecule has 0 fully saturated rings. The van der Waals surface area contributed by atoms with E-state index < -0.39 is 24.1 Å². The molecule has 29 heavy (non-hydrogen) atoms. The number of rotatable bonds is 9. The summed E-state index contributed by atoms with van der Waals surface area (Å²) >= 11 is 0. The molecule has 0 spiro atoms. The molecule has 1 aromatic heterocycles. The van der Waals surface area contributed by atoms with Crippen molar-refractivity contribution in [1.82, 2.24) is 5.16 Å². The van der Waals surface area contributed by atoms with Gasteiger partial charge in [-0.1, -0.05) is 59.8 Å². The van der Waals surface area contributed by atoms with Gasteiger partial charge in [-0.25, -0.2) is 0 Å². The number of carbonyl (C=O) groups excluding carboxylic acids is 1. The molecule has 3 N–H and O–H groups in total. The number of ether oxygens (including phenoxy) is 1. The average Bonchev–Trinajstić information content (AvgIpc) is 3.26. The van der Waals surface area contributed by atoms with Gasteiger partial charge in [-0.15, -0.1) is 0 Å². The molecule has 7 nitrogen and oxygen atoms in total. The van der Waals surface area contributed by atoms with Gasteiger partial charge in [0, 0.05) is 6.07 Å². The summed E-state index contributed by atoms with van der Waals surface area (Å²) in [6.07, 6.45) is -1.48. The fourth-order valence-electron chi connectivity index (χ4n) is 2.94. The predicted octanol–water partition coefficient (Wildman–Crippen LogP) is 2.40. The highest BCUT2D eigenvalue weighted by Crippen LogP contribution is 2.31. The molecular formula is C22H23NO6. The summed E-state index contributed by atoms with van der Waals surface area (Å²) in [6.45, 7) is 0.241. The van der Waals surface area contributed by atoms with E-state index in [-0.39, 0.29) is 24.7 Å². The largest absolute Gasteiger partial charge is 0.388 e. The van der Waals surface area contributed by atoms with Gasteiger partial charge in [-0.2, -0.15) is 0 Å². The molecule has 2 atom stereocenters. The van der Waals surface area contributed by atoms with Gasteiger partial charge in [-0.05, 0) is 23.6 Å². The normalized spacial score (nSPS) is 14.3. The van der Waals surface area contributed by atoms with Gasteiger partial charge in [0.05, 0.1) is 6.61 Å². The lowest BCUT2D eigenvalue weighted by atomic mass is 9.91. The Kier molecular flexibility index (Phi) is 6.56. The lowest BCUT2D eigenvalue weighted by Gasteiger charge is -2.31. The second-order valence-corrected chi connectivity index (χ2v) is 6.82. The highest BCUT2D eigenvalue weighted by molar-refractivity contribution is 5.88. The van der Waals surface area contributed by atoms with E-state index in [9.17, 15) is 15.0 Å². The Bertz CT molecular complexity index is 937. The van der Waals surface area contributed by atoms with E-state index in [1.54, 1.807) is 0 Å². The first-order valence-electron chi connectivity index (χ1n) is 9.15. The molecule has 0 radical (unpaired) electrons. The van der Waals surface area contributed by atoms with Crippen molar-refractivity contribution in [3.05, 3.63) is 77.7 Å². The third-order valence-corrected chi connectivity index (χ3v) is 4.83. The quantitative estimate of drug-likeness (QED) is 0.508. The van der Waals surface area contributed by atoms with Gasteiger partial charge in [-0.3, -0.25) is 4.79 Å². The lowest BCUT2D eigenvalue weighted by Crippen LogP contribution is -2.46. The van der Waals surface area contributed by atoms with Crippen LogP contribution in [0.1, 0.15) is 30.0 Å². The molecule has 0 unspecified atom stereocenters. The van der Waals surface area contributed by atoms with Gasteiger partial charge in [0.2, 0.25) is 0 Å². The zero-order chi connectivity index (χ0) is 20.9. The number of ketones is 1. The standard InChI is InChI=1S/C22H23NO6/c1-22(20(26)13-25,21(27)19-11-18(12-24)29-23-19)28-14-15-7-9-17(10-8-15)16-5-3-2-4-6-16/h2-11,21,24-25,27H,12-14H2,1H3/t21-,22+/m0/s1. The van der Waals surface area contributed by atoms with Gasteiger partial charge < -0.3 is 24.6 Å². The summed E-state index contributed by atoms with van der Waals surface area (Å²) in [5.41, 5.74) is 1.23. The molecule has 0 aliphatic carbocycles. The predicted molar refractivity (Wildman–Crippen MR) is 105 cm³/mol. The van der Waals surface area contributed by atoms with Crippen molar-refractivity contribution in [2.75, 3.05) is 6.61 Å². The van der Waals surface area contributed by atoms with Crippen LogP contribution in [0.2, 0.25) is 0 Å². The van der Waals surface area contributed by atoms with E-state index in [0.717, 1.165) is 16.7 Å². The van der Waals surface area contributed by atoms with E-state index in [1.807, 2.05) is 54.6 Å². The number of carbonyl (C=O) groups is 1. The van der Waals surface area contributed by atoms with Crippen LogP contribution < -0.4 is 0 Å². The Morgan fingerprint density at radius 1 is 1.10 bits per heavy atom. The number of aliphatic hydroxyl groups excluding tert-OH is 3. The Morgan fingerprint density at radius 3 is 2.34 bits per heavy atom. The summed E-state index contributed by atoms with van der Waals surface area (Å²) in [6, 6.07) is 18.9. The summed E-state index contributed by atoms with van der Waals surface area (Å²) in [5.74, 6) is -0.547. The number of Topliss-reactive ketones (excluding diaryl/α,β-unsaturated/α-hetero) is 1. The van der Waals surface area contributed by atoms with Crippen LogP contribution in [0.15, 0.2) is 65.2 Å². The summed E-state index contributed by atoms with van der Waals surface area (Å²) in [4.78, 5) is 12.3. The Balaban J connectivity index is 1.76. The van der Waals surface area contributed by atoms with Crippen LogP contribution in [-0.4, -0.2) is 38.5 Å². The topological polar surface area (TPSA) is 113 Å². The van der Waals surface area contributed by atoms with Crippen molar-refractivity contribution < 1.29 is 29.4 Å². The van der Waals surface area contributed by atoms with E-state index in [1.165, 1.54) is 13.0 Å². The minimum absolute atomic E-state index is 0.0396. The Hall–Kier alpha value is -2.84. The van der Waals surface area contributed by atoms with Crippen LogP contribution in [-0.2, 0) is 22.7 Å². The number of hydrogen-bond donors (Lipinski definition) is 3. The Morgan fingerprint density at radius 2 is 1.76 bits per heavy atom. The van der Waals surface area contributed by atoms with Crippen LogP contribution in [0.25, 0.3) is 11.1 Å². The minimum atomic E-state index is -1.74. The molecule has 0 saturated carbocycles. The van der Waals surface area contributed by atoms with Gasteiger partial charge >= 0.3 is 0 Å². The van der Waals surface area contributed by atoms with E-state index >= 15 is 0 Å². The van der Waals surface area contributed by atoms with Crippen molar-refractivity contribution in [2.45, 2.75) is 31.8 Å².